The van der Waals surface area contributed by atoms with Crippen LogP contribution in [0.25, 0.3) is 22.2 Å². The quantitative estimate of drug-likeness (QED) is 0.589. The molecule has 0 saturated carbocycles. The van der Waals surface area contributed by atoms with E-state index in [2.05, 4.69) is 4.98 Å². The van der Waals surface area contributed by atoms with E-state index in [1.807, 2.05) is 0 Å². The minimum absolute atomic E-state index is 0.149. The Labute approximate surface area is 120 Å². The Morgan fingerprint density at radius 3 is 2.67 bits per heavy atom. The van der Waals surface area contributed by atoms with E-state index < -0.39 is 0 Å². The number of phenols is 2. The van der Waals surface area contributed by atoms with Crippen molar-refractivity contribution in [1.82, 2.24) is 4.98 Å². The summed E-state index contributed by atoms with van der Waals surface area (Å²) in [6, 6.07) is 9.84. The molecule has 1 aliphatic rings. The Kier molecular flexibility index (Phi) is 2.27. The summed E-state index contributed by atoms with van der Waals surface area (Å²) < 4.78 is 5.65. The number of anilines is 1. The number of rotatable bonds is 0. The topological polar surface area (TPSA) is 88.6 Å². The van der Waals surface area contributed by atoms with Crippen LogP contribution in [-0.2, 0) is 6.61 Å². The molecule has 4 N–H and O–H groups in total. The van der Waals surface area contributed by atoms with Crippen molar-refractivity contribution >= 4 is 16.6 Å². The van der Waals surface area contributed by atoms with Gasteiger partial charge in [0.1, 0.15) is 23.9 Å². The fraction of sp³-hybridized carbons (Fsp3) is 0.0625. The Morgan fingerprint density at radius 2 is 1.81 bits per heavy atom. The second-order valence-corrected chi connectivity index (χ2v) is 5.02. The van der Waals surface area contributed by atoms with Crippen LogP contribution in [0, 0.1) is 0 Å². The van der Waals surface area contributed by atoms with Crippen LogP contribution >= 0.6 is 0 Å². The third-order valence-electron chi connectivity index (χ3n) is 3.71. The number of ether oxygens (including phenoxy) is 1. The van der Waals surface area contributed by atoms with Crippen LogP contribution in [0.2, 0.25) is 0 Å². The SMILES string of the molecule is Nc1c2c(nc3ccc(O)cc13)-c1ccc(O)cc1OC2. The van der Waals surface area contributed by atoms with Crippen molar-refractivity contribution in [3.8, 4) is 28.5 Å². The zero-order valence-electron chi connectivity index (χ0n) is 11.0. The molecule has 5 heteroatoms. The molecule has 0 spiro atoms. The summed E-state index contributed by atoms with van der Waals surface area (Å²) in [5.41, 5.74) is 9.84. The molecule has 1 aromatic heterocycles. The van der Waals surface area contributed by atoms with Gasteiger partial charge in [0.25, 0.3) is 0 Å². The van der Waals surface area contributed by atoms with Crippen LogP contribution < -0.4 is 10.5 Å². The first-order chi connectivity index (χ1) is 10.1. The molecule has 0 bridgehead atoms. The van der Waals surface area contributed by atoms with Gasteiger partial charge in [0.05, 0.1) is 11.2 Å². The summed E-state index contributed by atoms with van der Waals surface area (Å²) in [4.78, 5) is 4.64. The fourth-order valence-corrected chi connectivity index (χ4v) is 2.66. The van der Waals surface area contributed by atoms with Crippen LogP contribution in [0.3, 0.4) is 0 Å². The third kappa shape index (κ3) is 1.67. The van der Waals surface area contributed by atoms with Gasteiger partial charge in [0, 0.05) is 28.3 Å². The van der Waals surface area contributed by atoms with Gasteiger partial charge in [-0.15, -0.1) is 0 Å². The van der Waals surface area contributed by atoms with E-state index in [9.17, 15) is 10.2 Å². The molecule has 104 valence electrons. The predicted octanol–water partition coefficient (Wildman–Crippen LogP) is 2.79. The smallest absolute Gasteiger partial charge is 0.132 e. The van der Waals surface area contributed by atoms with Gasteiger partial charge >= 0.3 is 0 Å². The average Bonchev–Trinajstić information content (AvgIpc) is 2.47. The Balaban J connectivity index is 2.06. The summed E-state index contributed by atoms with van der Waals surface area (Å²) >= 11 is 0. The van der Waals surface area contributed by atoms with E-state index in [0.717, 1.165) is 16.8 Å². The molecule has 2 heterocycles. The fourth-order valence-electron chi connectivity index (χ4n) is 2.66. The molecule has 0 aliphatic carbocycles. The maximum absolute atomic E-state index is 9.60. The highest BCUT2D eigenvalue weighted by Crippen LogP contribution is 2.42. The van der Waals surface area contributed by atoms with E-state index in [-0.39, 0.29) is 18.1 Å². The van der Waals surface area contributed by atoms with Crippen molar-refractivity contribution in [2.75, 3.05) is 5.73 Å². The molecule has 2 aromatic carbocycles. The molecule has 0 unspecified atom stereocenters. The van der Waals surface area contributed by atoms with E-state index in [1.165, 1.54) is 0 Å². The number of benzene rings is 2. The monoisotopic (exact) mass is 280 g/mol. The van der Waals surface area contributed by atoms with Crippen molar-refractivity contribution in [2.24, 2.45) is 0 Å². The Bertz CT molecular complexity index is 890. The van der Waals surface area contributed by atoms with Crippen LogP contribution in [0.1, 0.15) is 5.56 Å². The Hall–Kier alpha value is -2.95. The number of hydrogen-bond donors (Lipinski definition) is 3. The summed E-state index contributed by atoms with van der Waals surface area (Å²) in [6.45, 7) is 0.288. The Morgan fingerprint density at radius 1 is 1.05 bits per heavy atom. The lowest BCUT2D eigenvalue weighted by Crippen LogP contribution is -2.10. The third-order valence-corrected chi connectivity index (χ3v) is 3.71. The van der Waals surface area contributed by atoms with Crippen molar-refractivity contribution < 1.29 is 14.9 Å². The zero-order chi connectivity index (χ0) is 14.6. The highest BCUT2D eigenvalue weighted by molar-refractivity contribution is 5.97. The molecule has 0 amide bonds. The second kappa shape index (κ2) is 4.02. The minimum Gasteiger partial charge on any atom is -0.508 e. The molecule has 5 nitrogen and oxygen atoms in total. The molecule has 21 heavy (non-hydrogen) atoms. The van der Waals surface area contributed by atoms with E-state index in [0.29, 0.717) is 22.3 Å². The maximum atomic E-state index is 9.60. The number of aromatic nitrogens is 1. The van der Waals surface area contributed by atoms with Gasteiger partial charge < -0.3 is 20.7 Å². The number of nitrogens with zero attached hydrogens (tertiary/aromatic N) is 1. The van der Waals surface area contributed by atoms with Crippen molar-refractivity contribution in [3.05, 3.63) is 42.0 Å². The molecule has 3 aromatic rings. The van der Waals surface area contributed by atoms with Crippen LogP contribution in [-0.4, -0.2) is 15.2 Å². The highest BCUT2D eigenvalue weighted by Gasteiger charge is 2.23. The molecular weight excluding hydrogens is 268 g/mol. The maximum Gasteiger partial charge on any atom is 0.132 e. The highest BCUT2D eigenvalue weighted by atomic mass is 16.5. The van der Waals surface area contributed by atoms with Gasteiger partial charge in [-0.3, -0.25) is 0 Å². The number of aromatic hydroxyl groups is 2. The molecular formula is C16H12N2O3. The van der Waals surface area contributed by atoms with Crippen LogP contribution in [0.15, 0.2) is 36.4 Å². The summed E-state index contributed by atoms with van der Waals surface area (Å²) in [6.07, 6.45) is 0. The first-order valence-electron chi connectivity index (χ1n) is 6.51. The van der Waals surface area contributed by atoms with E-state index in [1.54, 1.807) is 36.4 Å². The summed E-state index contributed by atoms with van der Waals surface area (Å²) in [7, 11) is 0. The van der Waals surface area contributed by atoms with Crippen LogP contribution in [0.5, 0.6) is 17.2 Å². The van der Waals surface area contributed by atoms with Gasteiger partial charge in [-0.2, -0.15) is 0 Å². The normalized spacial score (nSPS) is 12.6. The summed E-state index contributed by atoms with van der Waals surface area (Å²) in [5.74, 6) is 0.890. The zero-order valence-corrected chi connectivity index (χ0v) is 11.0. The molecule has 0 fully saturated rings. The lowest BCUT2D eigenvalue weighted by molar-refractivity contribution is 0.300. The molecule has 0 radical (unpaired) electrons. The average molecular weight is 280 g/mol. The van der Waals surface area contributed by atoms with Crippen molar-refractivity contribution in [3.63, 3.8) is 0 Å². The van der Waals surface area contributed by atoms with Gasteiger partial charge in [-0.05, 0) is 30.3 Å². The molecule has 1 aliphatic heterocycles. The van der Waals surface area contributed by atoms with Crippen molar-refractivity contribution in [1.29, 1.82) is 0 Å². The second-order valence-electron chi connectivity index (χ2n) is 5.02. The van der Waals surface area contributed by atoms with Crippen molar-refractivity contribution in [2.45, 2.75) is 6.61 Å². The van der Waals surface area contributed by atoms with Gasteiger partial charge in [0.2, 0.25) is 0 Å². The standard InChI is InChI=1S/C16H12N2O3/c17-15-11-5-8(19)2-4-13(11)18-16-10-3-1-9(20)6-14(10)21-7-12(15)16/h1-6,19-20H,7H2,(H2,17,18). The molecule has 0 saturated heterocycles. The van der Waals surface area contributed by atoms with Gasteiger partial charge in [0.15, 0.2) is 0 Å². The number of nitrogens with two attached hydrogens (primary N) is 1. The van der Waals surface area contributed by atoms with Crippen LogP contribution in [0.4, 0.5) is 5.69 Å². The predicted molar refractivity (Wildman–Crippen MR) is 79.3 cm³/mol. The number of fused-ring (bicyclic) bond motifs is 4. The number of hydrogen-bond acceptors (Lipinski definition) is 5. The van der Waals surface area contributed by atoms with Gasteiger partial charge in [-0.1, -0.05) is 0 Å². The first-order valence-corrected chi connectivity index (χ1v) is 6.51. The number of phenolic OH excluding ortho intramolecular Hbond substituents is 2. The number of pyridine rings is 1. The summed E-state index contributed by atoms with van der Waals surface area (Å²) in [5, 5.41) is 19.9. The van der Waals surface area contributed by atoms with E-state index >= 15 is 0 Å². The lowest BCUT2D eigenvalue weighted by atomic mass is 9.98. The molecule has 0 atom stereocenters. The lowest BCUT2D eigenvalue weighted by Gasteiger charge is -2.22. The largest absolute Gasteiger partial charge is 0.508 e. The molecule has 4 rings (SSSR count). The van der Waals surface area contributed by atoms with E-state index in [4.69, 9.17) is 10.5 Å². The minimum atomic E-state index is 0.149. The number of nitrogen functional groups attached to an aromatic ring is 1. The van der Waals surface area contributed by atoms with Gasteiger partial charge in [-0.25, -0.2) is 4.98 Å². The first kappa shape index (κ1) is 11.8.